The molecule has 0 spiro atoms. The predicted molar refractivity (Wildman–Crippen MR) is 92.4 cm³/mol. The molecule has 0 radical (unpaired) electrons. The van der Waals surface area contributed by atoms with Crippen molar-refractivity contribution in [2.75, 3.05) is 18.5 Å². The zero-order valence-corrected chi connectivity index (χ0v) is 13.6. The molecule has 23 heavy (non-hydrogen) atoms. The lowest BCUT2D eigenvalue weighted by Gasteiger charge is -2.21. The van der Waals surface area contributed by atoms with Gasteiger partial charge >= 0.3 is 0 Å². The Kier molecular flexibility index (Phi) is 5.44. The van der Waals surface area contributed by atoms with Crippen LogP contribution in [0, 0.1) is 5.82 Å². The van der Waals surface area contributed by atoms with Crippen molar-refractivity contribution < 1.29 is 9.50 Å². The molecule has 0 unspecified atom stereocenters. The number of hydrogen-bond acceptors (Lipinski definition) is 3. The number of nitrogens with zero attached hydrogens (tertiary/aromatic N) is 1. The van der Waals surface area contributed by atoms with Gasteiger partial charge in [0.1, 0.15) is 5.82 Å². The maximum Gasteiger partial charge on any atom is 0.124 e. The Morgan fingerprint density at radius 1 is 1.09 bits per heavy atom. The topological polar surface area (TPSA) is 45.1 Å². The van der Waals surface area contributed by atoms with Gasteiger partial charge < -0.3 is 10.4 Å². The zero-order valence-electron chi connectivity index (χ0n) is 13.6. The van der Waals surface area contributed by atoms with E-state index in [9.17, 15) is 4.39 Å². The number of aromatic nitrogens is 1. The van der Waals surface area contributed by atoms with Crippen molar-refractivity contribution in [3.8, 4) is 0 Å². The first kappa shape index (κ1) is 16.2. The summed E-state index contributed by atoms with van der Waals surface area (Å²) in [5.41, 5.74) is 4.43. The summed E-state index contributed by atoms with van der Waals surface area (Å²) < 4.78 is 13.7. The minimum atomic E-state index is -0.207. The van der Waals surface area contributed by atoms with Gasteiger partial charge in [-0.2, -0.15) is 0 Å². The van der Waals surface area contributed by atoms with E-state index in [1.807, 2.05) is 0 Å². The Labute approximate surface area is 136 Å². The summed E-state index contributed by atoms with van der Waals surface area (Å²) in [5.74, 6) is -0.207. The first-order chi connectivity index (χ1) is 11.3. The van der Waals surface area contributed by atoms with Gasteiger partial charge in [-0.15, -0.1) is 0 Å². The first-order valence-electron chi connectivity index (χ1n) is 8.75. The molecule has 1 aliphatic rings. The van der Waals surface area contributed by atoms with Crippen molar-refractivity contribution in [3.63, 3.8) is 0 Å². The zero-order chi connectivity index (χ0) is 16.1. The van der Waals surface area contributed by atoms with Crippen molar-refractivity contribution in [2.45, 2.75) is 51.4 Å². The van der Waals surface area contributed by atoms with E-state index >= 15 is 0 Å². The molecule has 0 saturated carbocycles. The van der Waals surface area contributed by atoms with Crippen LogP contribution >= 0.6 is 0 Å². The Morgan fingerprint density at radius 3 is 2.78 bits per heavy atom. The molecule has 2 aromatic rings. The van der Waals surface area contributed by atoms with Crippen LogP contribution in [0.5, 0.6) is 0 Å². The lowest BCUT2D eigenvalue weighted by Crippen LogP contribution is -2.12. The summed E-state index contributed by atoms with van der Waals surface area (Å²) in [6, 6.07) is 4.88. The second kappa shape index (κ2) is 7.73. The van der Waals surface area contributed by atoms with Crippen molar-refractivity contribution in [2.24, 2.45) is 0 Å². The summed E-state index contributed by atoms with van der Waals surface area (Å²) >= 11 is 0. The van der Waals surface area contributed by atoms with Gasteiger partial charge in [0.25, 0.3) is 0 Å². The molecule has 1 heterocycles. The first-order valence-corrected chi connectivity index (χ1v) is 8.75. The Morgan fingerprint density at radius 2 is 1.91 bits per heavy atom. The monoisotopic (exact) mass is 316 g/mol. The SMILES string of the molecule is OCCCCCCNc1c2c(nc3ccc(F)cc13)CCCC2. The van der Waals surface area contributed by atoms with Crippen LogP contribution in [0.15, 0.2) is 18.2 Å². The molecule has 2 N–H and O–H groups in total. The molecular formula is C19H25FN2O. The number of rotatable bonds is 7. The van der Waals surface area contributed by atoms with Crippen LogP contribution in [0.4, 0.5) is 10.1 Å². The number of aryl methyl sites for hydroxylation is 1. The summed E-state index contributed by atoms with van der Waals surface area (Å²) in [6.45, 7) is 1.16. The molecule has 1 aromatic carbocycles. The van der Waals surface area contributed by atoms with Gasteiger partial charge in [0.15, 0.2) is 0 Å². The number of aliphatic hydroxyl groups is 1. The van der Waals surface area contributed by atoms with Crippen molar-refractivity contribution in [1.82, 2.24) is 4.98 Å². The third kappa shape index (κ3) is 3.81. The summed E-state index contributed by atoms with van der Waals surface area (Å²) in [4.78, 5) is 4.75. The third-order valence-corrected chi connectivity index (χ3v) is 4.61. The van der Waals surface area contributed by atoms with Gasteiger partial charge in [0, 0.05) is 29.9 Å². The maximum absolute atomic E-state index is 13.7. The molecule has 0 atom stereocenters. The minimum Gasteiger partial charge on any atom is -0.396 e. The van der Waals surface area contributed by atoms with Crippen LogP contribution < -0.4 is 5.32 Å². The molecule has 1 aromatic heterocycles. The Balaban J connectivity index is 1.82. The number of pyridine rings is 1. The van der Waals surface area contributed by atoms with Crippen LogP contribution in [0.3, 0.4) is 0 Å². The average molecular weight is 316 g/mol. The predicted octanol–water partition coefficient (Wildman–Crippen LogP) is 4.22. The standard InChI is InChI=1S/C19H25FN2O/c20-14-9-10-18-16(13-14)19(21-11-5-1-2-6-12-23)15-7-3-4-8-17(15)22-18/h9-10,13,23H,1-8,11-12H2,(H,21,22). The fourth-order valence-electron chi connectivity index (χ4n) is 3.40. The van der Waals surface area contributed by atoms with Gasteiger partial charge in [-0.3, -0.25) is 4.98 Å². The molecule has 0 amide bonds. The highest BCUT2D eigenvalue weighted by Gasteiger charge is 2.18. The highest BCUT2D eigenvalue weighted by Crippen LogP contribution is 2.33. The van der Waals surface area contributed by atoms with Crippen LogP contribution in [-0.4, -0.2) is 23.2 Å². The second-order valence-corrected chi connectivity index (χ2v) is 6.35. The van der Waals surface area contributed by atoms with E-state index < -0.39 is 0 Å². The number of nitrogens with one attached hydrogen (secondary N) is 1. The molecule has 0 saturated heterocycles. The molecule has 3 rings (SSSR count). The number of aliphatic hydroxyl groups excluding tert-OH is 1. The van der Waals surface area contributed by atoms with Gasteiger partial charge in [0.2, 0.25) is 0 Å². The number of benzene rings is 1. The number of fused-ring (bicyclic) bond motifs is 2. The third-order valence-electron chi connectivity index (χ3n) is 4.61. The van der Waals surface area contributed by atoms with Crippen LogP contribution in [0.25, 0.3) is 10.9 Å². The van der Waals surface area contributed by atoms with E-state index in [2.05, 4.69) is 5.32 Å². The van der Waals surface area contributed by atoms with Gasteiger partial charge in [0.05, 0.1) is 5.52 Å². The number of unbranched alkanes of at least 4 members (excludes halogenated alkanes) is 3. The van der Waals surface area contributed by atoms with E-state index in [-0.39, 0.29) is 12.4 Å². The number of halogens is 1. The van der Waals surface area contributed by atoms with Crippen molar-refractivity contribution in [1.29, 1.82) is 0 Å². The van der Waals surface area contributed by atoms with E-state index in [4.69, 9.17) is 10.1 Å². The van der Waals surface area contributed by atoms with Gasteiger partial charge in [-0.1, -0.05) is 12.8 Å². The number of hydrogen-bond donors (Lipinski definition) is 2. The summed E-state index contributed by atoms with van der Waals surface area (Å²) in [6.07, 6.45) is 8.52. The lowest BCUT2D eigenvalue weighted by molar-refractivity contribution is 0.283. The molecule has 0 bridgehead atoms. The molecule has 3 nitrogen and oxygen atoms in total. The molecule has 4 heteroatoms. The van der Waals surface area contributed by atoms with Gasteiger partial charge in [-0.25, -0.2) is 4.39 Å². The normalized spacial score (nSPS) is 14.0. The van der Waals surface area contributed by atoms with Crippen LogP contribution in [-0.2, 0) is 12.8 Å². The maximum atomic E-state index is 13.7. The van der Waals surface area contributed by atoms with E-state index in [0.717, 1.165) is 61.7 Å². The van der Waals surface area contributed by atoms with Crippen LogP contribution in [0.2, 0.25) is 0 Å². The van der Waals surface area contributed by atoms with E-state index in [1.54, 1.807) is 12.1 Å². The fraction of sp³-hybridized carbons (Fsp3) is 0.526. The van der Waals surface area contributed by atoms with Crippen molar-refractivity contribution >= 4 is 16.6 Å². The second-order valence-electron chi connectivity index (χ2n) is 6.35. The highest BCUT2D eigenvalue weighted by molar-refractivity contribution is 5.93. The van der Waals surface area contributed by atoms with Crippen molar-refractivity contribution in [3.05, 3.63) is 35.3 Å². The smallest absolute Gasteiger partial charge is 0.124 e. The highest BCUT2D eigenvalue weighted by atomic mass is 19.1. The summed E-state index contributed by atoms with van der Waals surface area (Å²) in [7, 11) is 0. The van der Waals surface area contributed by atoms with Crippen LogP contribution in [0.1, 0.15) is 49.8 Å². The quantitative estimate of drug-likeness (QED) is 0.752. The molecule has 0 aliphatic heterocycles. The Bertz CT molecular complexity index is 672. The number of anilines is 1. The molecule has 0 fully saturated rings. The molecule has 124 valence electrons. The Hall–Kier alpha value is -1.68. The van der Waals surface area contributed by atoms with E-state index in [0.29, 0.717) is 0 Å². The minimum absolute atomic E-state index is 0.207. The van der Waals surface area contributed by atoms with Gasteiger partial charge in [-0.05, 0) is 62.3 Å². The average Bonchev–Trinajstić information content (AvgIpc) is 2.57. The van der Waals surface area contributed by atoms with E-state index in [1.165, 1.54) is 30.2 Å². The fourth-order valence-corrected chi connectivity index (χ4v) is 3.40. The molecule has 1 aliphatic carbocycles. The largest absolute Gasteiger partial charge is 0.396 e. The molecular weight excluding hydrogens is 291 g/mol. The lowest BCUT2D eigenvalue weighted by atomic mass is 9.92. The summed E-state index contributed by atoms with van der Waals surface area (Å²) in [5, 5.41) is 13.3.